The van der Waals surface area contributed by atoms with Crippen molar-refractivity contribution in [1.82, 2.24) is 14.5 Å². The summed E-state index contributed by atoms with van der Waals surface area (Å²) in [7, 11) is -2.17. The first-order valence-electron chi connectivity index (χ1n) is 10.2. The predicted octanol–water partition coefficient (Wildman–Crippen LogP) is 2.09. The lowest BCUT2D eigenvalue weighted by Gasteiger charge is -2.26. The molecule has 0 radical (unpaired) electrons. The SMILES string of the molecule is COc1ccc(S(=O)(=O)NCCCN2CCCCC2)cc1C(=O)N1CCCC1. The van der Waals surface area contributed by atoms with Gasteiger partial charge in [0.15, 0.2) is 0 Å². The van der Waals surface area contributed by atoms with Crippen molar-refractivity contribution in [3.63, 3.8) is 0 Å². The Bertz CT molecular complexity index is 770. The molecule has 0 aromatic heterocycles. The minimum Gasteiger partial charge on any atom is -0.496 e. The average Bonchev–Trinajstić information content (AvgIpc) is 3.26. The molecular formula is C20H31N3O4S. The molecule has 3 rings (SSSR count). The Morgan fingerprint density at radius 3 is 2.43 bits per heavy atom. The molecule has 1 N–H and O–H groups in total. The summed E-state index contributed by atoms with van der Waals surface area (Å²) in [5.41, 5.74) is 0.306. The van der Waals surface area contributed by atoms with Gasteiger partial charge < -0.3 is 14.5 Å². The first kappa shape index (κ1) is 21.1. The van der Waals surface area contributed by atoms with Crippen LogP contribution in [0.5, 0.6) is 5.75 Å². The minimum absolute atomic E-state index is 0.105. The molecule has 0 saturated carbocycles. The molecule has 28 heavy (non-hydrogen) atoms. The third-order valence-corrected chi connectivity index (χ3v) is 6.96. The summed E-state index contributed by atoms with van der Waals surface area (Å²) >= 11 is 0. The van der Waals surface area contributed by atoms with E-state index in [1.165, 1.54) is 38.5 Å². The zero-order valence-electron chi connectivity index (χ0n) is 16.7. The maximum Gasteiger partial charge on any atom is 0.257 e. The maximum atomic E-state index is 12.8. The van der Waals surface area contributed by atoms with Crippen molar-refractivity contribution < 1.29 is 17.9 Å². The number of carbonyl (C=O) groups is 1. The van der Waals surface area contributed by atoms with Crippen molar-refractivity contribution in [2.24, 2.45) is 0 Å². The second-order valence-electron chi connectivity index (χ2n) is 7.52. The summed E-state index contributed by atoms with van der Waals surface area (Å²) in [4.78, 5) is 17.0. The monoisotopic (exact) mass is 409 g/mol. The maximum absolute atomic E-state index is 12.8. The quantitative estimate of drug-likeness (QED) is 0.665. The summed E-state index contributed by atoms with van der Waals surface area (Å²) in [6.45, 7) is 4.91. The van der Waals surface area contributed by atoms with Gasteiger partial charge in [-0.25, -0.2) is 13.1 Å². The van der Waals surface area contributed by atoms with Crippen LogP contribution in [0.3, 0.4) is 0 Å². The van der Waals surface area contributed by atoms with E-state index in [-0.39, 0.29) is 10.8 Å². The van der Waals surface area contributed by atoms with E-state index >= 15 is 0 Å². The molecule has 8 heteroatoms. The smallest absolute Gasteiger partial charge is 0.257 e. The van der Waals surface area contributed by atoms with Crippen LogP contribution in [0.15, 0.2) is 23.1 Å². The Hall–Kier alpha value is -1.64. The van der Waals surface area contributed by atoms with E-state index in [0.29, 0.717) is 30.9 Å². The number of benzene rings is 1. The van der Waals surface area contributed by atoms with Crippen LogP contribution in [0.4, 0.5) is 0 Å². The molecular weight excluding hydrogens is 378 g/mol. The Kier molecular flexibility index (Phi) is 7.31. The van der Waals surface area contributed by atoms with Gasteiger partial charge in [-0.15, -0.1) is 0 Å². The van der Waals surface area contributed by atoms with Crippen LogP contribution in [0.25, 0.3) is 0 Å². The van der Waals surface area contributed by atoms with E-state index in [4.69, 9.17) is 4.74 Å². The topological polar surface area (TPSA) is 79.0 Å². The predicted molar refractivity (Wildman–Crippen MR) is 108 cm³/mol. The van der Waals surface area contributed by atoms with Gasteiger partial charge in [0.2, 0.25) is 10.0 Å². The second-order valence-corrected chi connectivity index (χ2v) is 9.28. The number of nitrogens with zero attached hydrogens (tertiary/aromatic N) is 2. The third kappa shape index (κ3) is 5.24. The Labute approximate surface area is 168 Å². The zero-order valence-corrected chi connectivity index (χ0v) is 17.5. The number of hydrogen-bond donors (Lipinski definition) is 1. The Morgan fingerprint density at radius 2 is 1.75 bits per heavy atom. The van der Waals surface area contributed by atoms with E-state index in [1.54, 1.807) is 11.0 Å². The average molecular weight is 410 g/mol. The molecule has 2 saturated heterocycles. The number of ether oxygens (including phenoxy) is 1. The van der Waals surface area contributed by atoms with Gasteiger partial charge in [-0.2, -0.15) is 0 Å². The van der Waals surface area contributed by atoms with Crippen LogP contribution in [-0.2, 0) is 10.0 Å². The van der Waals surface area contributed by atoms with E-state index in [9.17, 15) is 13.2 Å². The number of amides is 1. The van der Waals surface area contributed by atoms with Gasteiger partial charge in [0.1, 0.15) is 5.75 Å². The van der Waals surface area contributed by atoms with Crippen LogP contribution in [-0.4, -0.2) is 70.5 Å². The number of methoxy groups -OCH3 is 1. The molecule has 7 nitrogen and oxygen atoms in total. The Morgan fingerprint density at radius 1 is 1.07 bits per heavy atom. The van der Waals surface area contributed by atoms with Crippen molar-refractivity contribution >= 4 is 15.9 Å². The van der Waals surface area contributed by atoms with Gasteiger partial charge in [-0.3, -0.25) is 4.79 Å². The number of piperidine rings is 1. The van der Waals surface area contributed by atoms with Crippen LogP contribution < -0.4 is 9.46 Å². The van der Waals surface area contributed by atoms with Gasteiger partial charge in [0, 0.05) is 19.6 Å². The fourth-order valence-corrected chi connectivity index (χ4v) is 4.99. The normalized spacial score (nSPS) is 18.4. The highest BCUT2D eigenvalue weighted by Crippen LogP contribution is 2.25. The molecule has 0 atom stereocenters. The van der Waals surface area contributed by atoms with E-state index in [0.717, 1.165) is 38.9 Å². The molecule has 0 unspecified atom stereocenters. The molecule has 1 aromatic carbocycles. The number of hydrogen-bond acceptors (Lipinski definition) is 5. The van der Waals surface area contributed by atoms with E-state index in [2.05, 4.69) is 9.62 Å². The van der Waals surface area contributed by atoms with Crippen molar-refractivity contribution in [1.29, 1.82) is 0 Å². The van der Waals surface area contributed by atoms with Gasteiger partial charge in [-0.1, -0.05) is 6.42 Å². The van der Waals surface area contributed by atoms with Gasteiger partial charge in [-0.05, 0) is 69.9 Å². The minimum atomic E-state index is -3.66. The van der Waals surface area contributed by atoms with Crippen molar-refractivity contribution in [2.75, 3.05) is 46.4 Å². The highest BCUT2D eigenvalue weighted by Gasteiger charge is 2.25. The van der Waals surface area contributed by atoms with Crippen molar-refractivity contribution in [3.05, 3.63) is 23.8 Å². The largest absolute Gasteiger partial charge is 0.496 e. The summed E-state index contributed by atoms with van der Waals surface area (Å²) in [5, 5.41) is 0. The van der Waals surface area contributed by atoms with Crippen LogP contribution in [0.1, 0.15) is 48.9 Å². The van der Waals surface area contributed by atoms with Crippen LogP contribution >= 0.6 is 0 Å². The summed E-state index contributed by atoms with van der Waals surface area (Å²) in [6.07, 6.45) is 6.47. The Balaban J connectivity index is 1.63. The molecule has 2 heterocycles. The second kappa shape index (κ2) is 9.71. The van der Waals surface area contributed by atoms with Crippen LogP contribution in [0.2, 0.25) is 0 Å². The molecule has 0 spiro atoms. The number of sulfonamides is 1. The highest BCUT2D eigenvalue weighted by molar-refractivity contribution is 7.89. The molecule has 1 aromatic rings. The van der Waals surface area contributed by atoms with Gasteiger partial charge >= 0.3 is 0 Å². The van der Waals surface area contributed by atoms with E-state index < -0.39 is 10.0 Å². The molecule has 0 bridgehead atoms. The highest BCUT2D eigenvalue weighted by atomic mass is 32.2. The summed E-state index contributed by atoms with van der Waals surface area (Å²) in [5.74, 6) is 0.234. The number of carbonyl (C=O) groups excluding carboxylic acids is 1. The lowest BCUT2D eigenvalue weighted by Crippen LogP contribution is -2.33. The molecule has 156 valence electrons. The van der Waals surface area contributed by atoms with Crippen LogP contribution in [0, 0.1) is 0 Å². The molecule has 2 fully saturated rings. The van der Waals surface area contributed by atoms with Crippen molar-refractivity contribution in [2.45, 2.75) is 43.4 Å². The first-order chi connectivity index (χ1) is 13.5. The molecule has 0 aliphatic carbocycles. The standard InChI is InChI=1S/C20H31N3O4S/c1-27-19-9-8-17(16-18(19)20(24)23-14-5-6-15-23)28(25,26)21-10-7-13-22-11-3-2-4-12-22/h8-9,16,21H,2-7,10-15H2,1H3. The lowest BCUT2D eigenvalue weighted by atomic mass is 10.1. The van der Waals surface area contributed by atoms with Gasteiger partial charge in [0.05, 0.1) is 17.6 Å². The third-order valence-electron chi connectivity index (χ3n) is 5.50. The van der Waals surface area contributed by atoms with Gasteiger partial charge in [0.25, 0.3) is 5.91 Å². The first-order valence-corrected chi connectivity index (χ1v) is 11.7. The van der Waals surface area contributed by atoms with E-state index in [1.807, 2.05) is 0 Å². The number of likely N-dealkylation sites (tertiary alicyclic amines) is 2. The summed E-state index contributed by atoms with van der Waals surface area (Å²) < 4.78 is 33.3. The number of nitrogens with one attached hydrogen (secondary N) is 1. The molecule has 1 amide bonds. The molecule has 2 aliphatic rings. The van der Waals surface area contributed by atoms with Crippen molar-refractivity contribution in [3.8, 4) is 5.75 Å². The lowest BCUT2D eigenvalue weighted by molar-refractivity contribution is 0.0789. The summed E-state index contributed by atoms with van der Waals surface area (Å²) in [6, 6.07) is 4.49. The molecule has 2 aliphatic heterocycles. The zero-order chi connectivity index (χ0) is 20.0. The number of rotatable bonds is 8. The fourth-order valence-electron chi connectivity index (χ4n) is 3.89. The fraction of sp³-hybridized carbons (Fsp3) is 0.650.